The number of H-pyrrole nitrogens is 1. The predicted molar refractivity (Wildman–Crippen MR) is 171 cm³/mol. The molecule has 1 aliphatic rings. The van der Waals surface area contributed by atoms with Crippen molar-refractivity contribution in [2.24, 2.45) is 0 Å². The Hall–Kier alpha value is -5.43. The van der Waals surface area contributed by atoms with E-state index < -0.39 is 77.7 Å². The monoisotopic (exact) mass is 701 g/mol. The first kappa shape index (κ1) is 35.9. The van der Waals surface area contributed by atoms with Crippen molar-refractivity contribution in [2.75, 3.05) is 12.3 Å². The molecule has 2 heterocycles. The molecule has 1 atom stereocenters. The van der Waals surface area contributed by atoms with E-state index in [0.717, 1.165) is 12.1 Å². The number of aromatic amines is 1. The van der Waals surface area contributed by atoms with E-state index in [9.17, 15) is 40.6 Å². The number of para-hydroxylation sites is 1. The summed E-state index contributed by atoms with van der Waals surface area (Å²) in [6.45, 7) is 1.93. The highest BCUT2D eigenvalue weighted by Gasteiger charge is 2.48. The first-order valence-electron chi connectivity index (χ1n) is 15.1. The fourth-order valence-electron chi connectivity index (χ4n) is 5.55. The summed E-state index contributed by atoms with van der Waals surface area (Å²) in [6.07, 6.45) is -7.22. The van der Waals surface area contributed by atoms with E-state index >= 15 is 0 Å². The van der Waals surface area contributed by atoms with Gasteiger partial charge in [-0.3, -0.25) is 15.3 Å². The molecule has 0 spiro atoms. The van der Waals surface area contributed by atoms with E-state index in [1.807, 2.05) is 0 Å². The smallest absolute Gasteiger partial charge is 0.382 e. The number of rotatable bonds is 9. The summed E-state index contributed by atoms with van der Waals surface area (Å²) in [7, 11) is 0. The normalized spacial score (nSPS) is 15.1. The second kappa shape index (κ2) is 13.5. The third-order valence-electron chi connectivity index (χ3n) is 7.73. The number of pyridine rings is 1. The number of carbonyl (C=O) groups is 1. The second-order valence-corrected chi connectivity index (χ2v) is 12.2. The van der Waals surface area contributed by atoms with Gasteiger partial charge in [-0.15, -0.1) is 0 Å². The maximum atomic E-state index is 14.7. The first-order valence-corrected chi connectivity index (χ1v) is 15.1. The summed E-state index contributed by atoms with van der Waals surface area (Å²) in [4.78, 5) is 18.0. The highest BCUT2D eigenvalue weighted by molar-refractivity contribution is 6.03. The Kier molecular flexibility index (Phi) is 9.66. The highest BCUT2D eigenvalue weighted by Crippen LogP contribution is 2.41. The minimum absolute atomic E-state index is 0.0661. The number of amides is 1. The van der Waals surface area contributed by atoms with Crippen molar-refractivity contribution in [2.45, 2.75) is 56.9 Å². The number of fused-ring (bicyclic) bond motifs is 1. The molecular weight excluding hydrogens is 671 g/mol. The number of hydrogen-bond donors (Lipinski definition) is 6. The molecule has 5 rings (SSSR count). The van der Waals surface area contributed by atoms with Gasteiger partial charge in [-0.05, 0) is 68.5 Å². The van der Waals surface area contributed by atoms with Gasteiger partial charge in [0.25, 0.3) is 5.92 Å². The van der Waals surface area contributed by atoms with Gasteiger partial charge in [0.2, 0.25) is 5.91 Å². The van der Waals surface area contributed by atoms with Crippen LogP contribution in [0.15, 0.2) is 59.8 Å². The molecule has 0 radical (unpaired) electrons. The SMILES string of the molecule is CC(C)(O)C#Cc1ccc(-c2cccc3c(N)n[nH]c23)c(C(Cc2cc(F)cc(F)c2)NC(=O)CNC2=C(C(=N)C(F)(F)F)CCC2(F)F)n1. The van der Waals surface area contributed by atoms with Gasteiger partial charge < -0.3 is 21.5 Å². The molecule has 0 aliphatic heterocycles. The lowest BCUT2D eigenvalue weighted by Gasteiger charge is -2.23. The van der Waals surface area contributed by atoms with Crippen LogP contribution in [0, 0.1) is 28.9 Å². The molecule has 1 unspecified atom stereocenters. The quantitative estimate of drug-likeness (QED) is 0.0731. The maximum Gasteiger partial charge on any atom is 0.433 e. The Bertz CT molecular complexity index is 2050. The van der Waals surface area contributed by atoms with Gasteiger partial charge in [-0.25, -0.2) is 13.8 Å². The first-order chi connectivity index (χ1) is 23.3. The molecule has 1 amide bonds. The molecule has 50 heavy (non-hydrogen) atoms. The zero-order valence-electron chi connectivity index (χ0n) is 26.5. The highest BCUT2D eigenvalue weighted by atomic mass is 19.4. The van der Waals surface area contributed by atoms with E-state index in [1.165, 1.54) is 19.9 Å². The van der Waals surface area contributed by atoms with Crippen molar-refractivity contribution >= 4 is 28.3 Å². The number of nitrogens with zero attached hydrogens (tertiary/aromatic N) is 2. The second-order valence-electron chi connectivity index (χ2n) is 12.2. The molecule has 4 aromatic rings. The zero-order valence-corrected chi connectivity index (χ0v) is 26.5. The third kappa shape index (κ3) is 8.05. The predicted octanol–water partition coefficient (Wildman–Crippen LogP) is 5.86. The fraction of sp³-hybridized carbons (Fsp3) is 0.294. The van der Waals surface area contributed by atoms with Gasteiger partial charge in [0.15, 0.2) is 5.82 Å². The Morgan fingerprint density at radius 1 is 1.12 bits per heavy atom. The number of allylic oxidation sites excluding steroid dienone is 2. The number of alkyl halides is 5. The molecule has 7 N–H and O–H groups in total. The van der Waals surface area contributed by atoms with Gasteiger partial charge in [0, 0.05) is 34.6 Å². The molecule has 9 nitrogen and oxygen atoms in total. The van der Waals surface area contributed by atoms with Gasteiger partial charge in [0.1, 0.15) is 28.6 Å². The topological polar surface area (TPSA) is 153 Å². The standard InChI is InChI=1S/C34H30F7N7O2/c1-32(2,50)10-8-20-6-7-22(21-4-3-5-23-27(21)47-48-31(23)43)28(45-20)25(14-17-12-18(35)15-19(36)13-17)46-26(49)16-44-30-24(9-11-33(30,37)38)29(42)34(39,40)41/h3-7,12-13,15,25,42,44,50H,9,11,14,16H2,1-2H3,(H,46,49)(H3,43,47,48). The van der Waals surface area contributed by atoms with Crippen molar-refractivity contribution in [1.82, 2.24) is 25.8 Å². The number of carbonyl (C=O) groups excluding carboxylic acids is 1. The van der Waals surface area contributed by atoms with Crippen LogP contribution in [0.3, 0.4) is 0 Å². The molecule has 0 fully saturated rings. The summed E-state index contributed by atoms with van der Waals surface area (Å²) < 4.78 is 97.8. The number of nitrogens with one attached hydrogen (secondary N) is 4. The van der Waals surface area contributed by atoms with Gasteiger partial charge in [-0.1, -0.05) is 18.1 Å². The molecule has 0 saturated heterocycles. The van der Waals surface area contributed by atoms with E-state index in [-0.39, 0.29) is 29.2 Å². The minimum atomic E-state index is -5.19. The molecule has 262 valence electrons. The van der Waals surface area contributed by atoms with Crippen LogP contribution < -0.4 is 16.4 Å². The molecule has 2 aromatic heterocycles. The fourth-order valence-corrected chi connectivity index (χ4v) is 5.55. The summed E-state index contributed by atoms with van der Waals surface area (Å²) in [5.74, 6) is -1.05. The van der Waals surface area contributed by atoms with E-state index in [1.54, 1.807) is 24.3 Å². The summed E-state index contributed by atoms with van der Waals surface area (Å²) in [5, 5.41) is 29.7. The lowest BCUT2D eigenvalue weighted by Crippen LogP contribution is -2.40. The van der Waals surface area contributed by atoms with Crippen LogP contribution >= 0.6 is 0 Å². The van der Waals surface area contributed by atoms with Gasteiger partial charge in [-0.2, -0.15) is 27.1 Å². The van der Waals surface area contributed by atoms with Crippen LogP contribution in [-0.2, 0) is 11.2 Å². The number of hydrogen-bond acceptors (Lipinski definition) is 7. The third-order valence-corrected chi connectivity index (χ3v) is 7.73. The Morgan fingerprint density at radius 3 is 2.48 bits per heavy atom. The Balaban J connectivity index is 1.59. The largest absolute Gasteiger partial charge is 0.433 e. The Morgan fingerprint density at radius 2 is 1.82 bits per heavy atom. The number of nitrogen functional groups attached to an aromatic ring is 1. The van der Waals surface area contributed by atoms with Crippen molar-refractivity contribution in [3.8, 4) is 23.0 Å². The number of nitrogens with two attached hydrogens (primary N) is 1. The van der Waals surface area contributed by atoms with Gasteiger partial charge in [0.05, 0.1) is 29.5 Å². The maximum absolute atomic E-state index is 14.7. The van der Waals surface area contributed by atoms with Gasteiger partial charge >= 0.3 is 6.18 Å². The van der Waals surface area contributed by atoms with Crippen molar-refractivity contribution in [3.05, 3.63) is 88.4 Å². The van der Waals surface area contributed by atoms with Crippen LogP contribution in [0.2, 0.25) is 0 Å². The van der Waals surface area contributed by atoms with Crippen molar-refractivity contribution in [1.29, 1.82) is 5.41 Å². The van der Waals surface area contributed by atoms with Crippen LogP contribution in [0.1, 0.15) is 49.7 Å². The van der Waals surface area contributed by atoms with E-state index in [4.69, 9.17) is 11.1 Å². The number of benzene rings is 2. The zero-order chi connectivity index (χ0) is 36.6. The van der Waals surface area contributed by atoms with Crippen LogP contribution in [0.4, 0.5) is 36.6 Å². The minimum Gasteiger partial charge on any atom is -0.382 e. The lowest BCUT2D eigenvalue weighted by molar-refractivity contribution is -0.121. The molecule has 2 aromatic carbocycles. The van der Waals surface area contributed by atoms with Crippen LogP contribution in [0.25, 0.3) is 22.0 Å². The van der Waals surface area contributed by atoms with Crippen LogP contribution in [0.5, 0.6) is 0 Å². The summed E-state index contributed by atoms with van der Waals surface area (Å²) >= 11 is 0. The molecule has 16 heteroatoms. The molecule has 0 saturated carbocycles. The number of anilines is 1. The van der Waals surface area contributed by atoms with E-state index in [2.05, 4.69) is 37.7 Å². The lowest BCUT2D eigenvalue weighted by atomic mass is 9.93. The van der Waals surface area contributed by atoms with Crippen molar-refractivity contribution in [3.63, 3.8) is 0 Å². The van der Waals surface area contributed by atoms with E-state index in [0.29, 0.717) is 28.1 Å². The number of halogens is 7. The summed E-state index contributed by atoms with van der Waals surface area (Å²) in [6, 6.07) is 9.65. The van der Waals surface area contributed by atoms with Crippen molar-refractivity contribution < 1.29 is 40.6 Å². The average Bonchev–Trinajstić information content (AvgIpc) is 3.54. The number of aromatic nitrogens is 3. The molecule has 1 aliphatic carbocycles. The average molecular weight is 702 g/mol. The van der Waals surface area contributed by atoms with Crippen LogP contribution in [-0.4, -0.2) is 56.2 Å². The Labute approximate surface area is 280 Å². The number of aliphatic hydroxyl groups is 1. The molecule has 0 bridgehead atoms. The molecular formula is C34H30F7N7O2. The summed E-state index contributed by atoms with van der Waals surface area (Å²) in [5.41, 5.74) is 2.10.